The van der Waals surface area contributed by atoms with Crippen LogP contribution in [0.1, 0.15) is 28.8 Å². The number of hydrogen-bond donors (Lipinski definition) is 3. The highest BCUT2D eigenvalue weighted by Gasteiger charge is 2.47. The number of carbonyl (C=O) groups excluding carboxylic acids is 2. The first kappa shape index (κ1) is 25.3. The third-order valence-corrected chi connectivity index (χ3v) is 6.32. The largest absolute Gasteiger partial charge is 0.504 e. The van der Waals surface area contributed by atoms with E-state index in [0.29, 0.717) is 0 Å². The average molecular weight is 545 g/mol. The molecule has 4 N–H and O–H groups in total. The molecule has 0 aliphatic carbocycles. The van der Waals surface area contributed by atoms with E-state index in [1.165, 1.54) is 4.90 Å². The molecule has 2 amide bonds. The van der Waals surface area contributed by atoms with Crippen molar-refractivity contribution in [3.05, 3.63) is 39.5 Å². The molecule has 0 bridgehead atoms. The molecule has 0 spiro atoms. The van der Waals surface area contributed by atoms with Crippen molar-refractivity contribution in [1.29, 1.82) is 5.26 Å². The molecule has 1 saturated heterocycles. The van der Waals surface area contributed by atoms with Crippen LogP contribution in [0.25, 0.3) is 0 Å². The van der Waals surface area contributed by atoms with Crippen molar-refractivity contribution in [1.82, 2.24) is 14.7 Å². The number of phenolic OH excluding ortho intramolecular Hbond substituents is 1. The van der Waals surface area contributed by atoms with Gasteiger partial charge < -0.3 is 15.6 Å². The number of halogens is 4. The molecule has 34 heavy (non-hydrogen) atoms. The molecule has 0 radical (unpaired) electrons. The molecule has 1 aromatic heterocycles. The van der Waals surface area contributed by atoms with Crippen LogP contribution in [0, 0.1) is 23.0 Å². The molecule has 1 aliphatic heterocycles. The van der Waals surface area contributed by atoms with E-state index in [4.69, 9.17) is 5.73 Å². The number of alkyl halides is 1. The second-order valence-corrected chi connectivity index (χ2v) is 8.54. The predicted octanol–water partition coefficient (Wildman–Crippen LogP) is 2.76. The van der Waals surface area contributed by atoms with Crippen LogP contribution in [-0.4, -0.2) is 58.2 Å². The van der Waals surface area contributed by atoms with E-state index in [1.54, 1.807) is 0 Å². The third-order valence-electron chi connectivity index (χ3n) is 5.71. The first-order valence-electron chi connectivity index (χ1n) is 9.87. The molecule has 3 rings (SSSR count). The van der Waals surface area contributed by atoms with Gasteiger partial charge in [0, 0.05) is 31.4 Å². The van der Waals surface area contributed by atoms with Crippen LogP contribution in [0.15, 0.2) is 16.7 Å². The Kier molecular flexibility index (Phi) is 7.37. The number of likely N-dealkylation sites (tertiary alicyclic amines) is 1. The van der Waals surface area contributed by atoms with E-state index in [1.807, 2.05) is 6.07 Å². The second kappa shape index (κ2) is 9.90. The van der Waals surface area contributed by atoms with Gasteiger partial charge in [0.15, 0.2) is 17.4 Å². The minimum absolute atomic E-state index is 0.0228. The molecular formula is C20H20BrF3N6O4. The summed E-state index contributed by atoms with van der Waals surface area (Å²) in [6.45, 7) is -0.561. The van der Waals surface area contributed by atoms with Crippen LogP contribution in [0.2, 0.25) is 0 Å². The number of nitriles is 1. The van der Waals surface area contributed by atoms with Crippen LogP contribution in [0.5, 0.6) is 5.75 Å². The number of aromatic hydroxyl groups is 1. The molecule has 10 nitrogen and oxygen atoms in total. The predicted molar refractivity (Wildman–Crippen MR) is 115 cm³/mol. The van der Waals surface area contributed by atoms with Crippen molar-refractivity contribution >= 4 is 33.7 Å². The molecular weight excluding hydrogens is 525 g/mol. The van der Waals surface area contributed by atoms with Gasteiger partial charge in [-0.15, -0.1) is 0 Å². The third kappa shape index (κ3) is 4.66. The maximum Gasteiger partial charge on any atom is 0.412 e. The van der Waals surface area contributed by atoms with Gasteiger partial charge in [-0.25, -0.2) is 18.0 Å². The lowest BCUT2D eigenvalue weighted by Gasteiger charge is -2.43. The first-order chi connectivity index (χ1) is 16.0. The molecule has 1 fully saturated rings. The normalized spacial score (nSPS) is 20.5. The van der Waals surface area contributed by atoms with E-state index in [9.17, 15) is 28.7 Å². The van der Waals surface area contributed by atoms with Crippen LogP contribution >= 0.6 is 15.9 Å². The quantitative estimate of drug-likeness (QED) is 0.506. The van der Waals surface area contributed by atoms with Crippen molar-refractivity contribution in [2.24, 2.45) is 5.73 Å². The summed E-state index contributed by atoms with van der Waals surface area (Å²) in [5.41, 5.74) is 3.16. The standard InChI is InChI=1S/C20H20BrF3N6O4/c1-34-19(33)27-18-11(17(26)32)8-30(28-18)20(2-4-25)3-5-29(9-14(20)23)7-10-13(22)6-12(21)16(31)15(10)24/h6,8,14,31H,2-3,5,7,9H2,1H3,(H2,26,32)(H,27,28,33). The fourth-order valence-electron chi connectivity index (χ4n) is 3.83. The zero-order chi connectivity index (χ0) is 25.2. The minimum Gasteiger partial charge on any atom is -0.504 e. The molecule has 2 unspecified atom stereocenters. The number of methoxy groups -OCH3 is 1. The number of nitrogens with two attached hydrogens (primary N) is 1. The number of hydrogen-bond acceptors (Lipinski definition) is 7. The number of phenols is 1. The van der Waals surface area contributed by atoms with Gasteiger partial charge in [0.2, 0.25) is 0 Å². The van der Waals surface area contributed by atoms with Crippen LogP contribution in [0.4, 0.5) is 23.8 Å². The zero-order valence-corrected chi connectivity index (χ0v) is 19.4. The van der Waals surface area contributed by atoms with E-state index in [-0.39, 0.29) is 48.3 Å². The summed E-state index contributed by atoms with van der Waals surface area (Å²) in [6, 6.07) is 2.82. The number of piperidine rings is 1. The van der Waals surface area contributed by atoms with Crippen LogP contribution < -0.4 is 11.1 Å². The van der Waals surface area contributed by atoms with Gasteiger partial charge >= 0.3 is 6.09 Å². The van der Waals surface area contributed by atoms with Crippen LogP contribution in [-0.2, 0) is 16.8 Å². The molecule has 1 aromatic carbocycles. The van der Waals surface area contributed by atoms with Gasteiger partial charge in [-0.3, -0.25) is 19.7 Å². The van der Waals surface area contributed by atoms with E-state index in [2.05, 4.69) is 31.1 Å². The van der Waals surface area contributed by atoms with Crippen molar-refractivity contribution in [2.75, 3.05) is 25.5 Å². The lowest BCUT2D eigenvalue weighted by molar-refractivity contribution is 0.00617. The van der Waals surface area contributed by atoms with E-state index < -0.39 is 46.7 Å². The summed E-state index contributed by atoms with van der Waals surface area (Å²) in [4.78, 5) is 24.8. The highest BCUT2D eigenvalue weighted by Crippen LogP contribution is 2.38. The lowest BCUT2D eigenvalue weighted by atomic mass is 9.83. The molecule has 1 aliphatic rings. The first-order valence-corrected chi connectivity index (χ1v) is 10.7. The summed E-state index contributed by atoms with van der Waals surface area (Å²) >= 11 is 2.85. The summed E-state index contributed by atoms with van der Waals surface area (Å²) in [5, 5.41) is 25.4. The fourth-order valence-corrected chi connectivity index (χ4v) is 4.20. The Morgan fingerprint density at radius 1 is 1.50 bits per heavy atom. The molecule has 0 saturated carbocycles. The van der Waals surface area contributed by atoms with Crippen molar-refractivity contribution in [3.8, 4) is 11.8 Å². The van der Waals surface area contributed by atoms with Gasteiger partial charge in [-0.1, -0.05) is 0 Å². The number of amides is 2. The van der Waals surface area contributed by atoms with E-state index >= 15 is 4.39 Å². The second-order valence-electron chi connectivity index (χ2n) is 7.69. The number of benzene rings is 1. The smallest absolute Gasteiger partial charge is 0.412 e. The lowest BCUT2D eigenvalue weighted by Crippen LogP contribution is -2.54. The molecule has 14 heteroatoms. The number of carbonyl (C=O) groups is 2. The number of nitrogens with one attached hydrogen (secondary N) is 1. The Morgan fingerprint density at radius 2 is 2.21 bits per heavy atom. The highest BCUT2D eigenvalue weighted by molar-refractivity contribution is 9.10. The zero-order valence-electron chi connectivity index (χ0n) is 17.8. The number of anilines is 1. The number of rotatable bonds is 6. The topological polar surface area (TPSA) is 146 Å². The number of ether oxygens (including phenoxy) is 1. The summed E-state index contributed by atoms with van der Waals surface area (Å²) in [5.74, 6) is -4.04. The maximum atomic E-state index is 15.6. The Labute approximate surface area is 200 Å². The van der Waals surface area contributed by atoms with Gasteiger partial charge in [0.05, 0.1) is 24.1 Å². The van der Waals surface area contributed by atoms with Crippen molar-refractivity contribution < 1.29 is 32.6 Å². The number of aromatic nitrogens is 2. The van der Waals surface area contributed by atoms with Gasteiger partial charge in [-0.2, -0.15) is 10.4 Å². The summed E-state index contributed by atoms with van der Waals surface area (Å²) in [7, 11) is 1.09. The summed E-state index contributed by atoms with van der Waals surface area (Å²) < 4.78 is 49.7. The number of nitrogens with zero attached hydrogens (tertiary/aromatic N) is 4. The maximum absolute atomic E-state index is 15.6. The van der Waals surface area contributed by atoms with Crippen molar-refractivity contribution in [3.63, 3.8) is 0 Å². The highest BCUT2D eigenvalue weighted by atomic mass is 79.9. The fraction of sp³-hybridized carbons (Fsp3) is 0.400. The molecule has 2 heterocycles. The molecule has 2 aromatic rings. The number of primary amides is 1. The van der Waals surface area contributed by atoms with E-state index in [0.717, 1.165) is 24.1 Å². The minimum atomic E-state index is -1.76. The van der Waals surface area contributed by atoms with Gasteiger partial charge in [0.25, 0.3) is 5.91 Å². The van der Waals surface area contributed by atoms with Gasteiger partial charge in [0.1, 0.15) is 23.1 Å². The molecule has 182 valence electrons. The van der Waals surface area contributed by atoms with Gasteiger partial charge in [-0.05, 0) is 28.4 Å². The average Bonchev–Trinajstić information content (AvgIpc) is 3.21. The van der Waals surface area contributed by atoms with Crippen LogP contribution in [0.3, 0.4) is 0 Å². The Balaban J connectivity index is 1.91. The Morgan fingerprint density at radius 3 is 2.79 bits per heavy atom. The van der Waals surface area contributed by atoms with Crippen molar-refractivity contribution in [2.45, 2.75) is 31.1 Å². The molecule has 2 atom stereocenters. The SMILES string of the molecule is COC(=O)Nc1nn(C2(CC#N)CCN(Cc3c(F)cc(Br)c(O)c3F)CC2F)cc1C(N)=O. The monoisotopic (exact) mass is 544 g/mol. The Bertz CT molecular complexity index is 1170. The Hall–Kier alpha value is -3.31. The summed E-state index contributed by atoms with van der Waals surface area (Å²) in [6.07, 6.45) is -1.93.